The Hall–Kier alpha value is -0.730. The number of fused-ring (bicyclic) bond motifs is 1. The minimum Gasteiger partial charge on any atom is -0.497 e. The number of likely N-dealkylation sites (N-methyl/N-ethyl adjacent to an activating group) is 1. The van der Waals surface area contributed by atoms with Gasteiger partial charge in [0, 0.05) is 6.54 Å². The van der Waals surface area contributed by atoms with Gasteiger partial charge in [0.25, 0.3) is 0 Å². The van der Waals surface area contributed by atoms with E-state index in [9.17, 15) is 0 Å². The summed E-state index contributed by atoms with van der Waals surface area (Å²) in [5, 5.41) is 3.46. The number of benzene rings is 1. The first-order chi connectivity index (χ1) is 7.85. The van der Waals surface area contributed by atoms with Crippen molar-refractivity contribution in [1.29, 1.82) is 0 Å². The van der Waals surface area contributed by atoms with Gasteiger partial charge in [-0.25, -0.2) is 0 Å². The second-order valence-corrected chi connectivity index (χ2v) is 4.46. The van der Waals surface area contributed by atoms with Crippen LogP contribution >= 0.6 is 12.4 Å². The Morgan fingerprint density at radius 1 is 1.41 bits per heavy atom. The smallest absolute Gasteiger partial charge is 0.119 e. The van der Waals surface area contributed by atoms with Gasteiger partial charge in [-0.1, -0.05) is 13.0 Å². The van der Waals surface area contributed by atoms with Crippen molar-refractivity contribution >= 4 is 12.4 Å². The molecule has 1 aromatic carbocycles. The molecule has 17 heavy (non-hydrogen) atoms. The van der Waals surface area contributed by atoms with E-state index in [2.05, 4.69) is 30.4 Å². The Balaban J connectivity index is 0.00000144. The van der Waals surface area contributed by atoms with Crippen LogP contribution < -0.4 is 10.1 Å². The van der Waals surface area contributed by atoms with Crippen molar-refractivity contribution in [3.05, 3.63) is 29.3 Å². The molecule has 0 bridgehead atoms. The fraction of sp³-hybridized carbons (Fsp3) is 0.571. The number of hydrogen-bond donors (Lipinski definition) is 1. The molecule has 0 spiro atoms. The highest BCUT2D eigenvalue weighted by Crippen LogP contribution is 2.33. The van der Waals surface area contributed by atoms with E-state index in [0.29, 0.717) is 5.92 Å². The van der Waals surface area contributed by atoms with E-state index in [-0.39, 0.29) is 12.4 Å². The van der Waals surface area contributed by atoms with Crippen LogP contribution in [0.4, 0.5) is 0 Å². The standard InChI is InChI=1S/C14H21NO.ClH/c1-3-15-10-12-6-4-5-11-9-13(16-2)7-8-14(11)12;/h7-9,12,15H,3-6,10H2,1-2H3;1H. The summed E-state index contributed by atoms with van der Waals surface area (Å²) >= 11 is 0. The minimum absolute atomic E-state index is 0. The van der Waals surface area contributed by atoms with E-state index >= 15 is 0 Å². The lowest BCUT2D eigenvalue weighted by molar-refractivity contribution is 0.412. The van der Waals surface area contributed by atoms with Gasteiger partial charge in [0.2, 0.25) is 0 Å². The van der Waals surface area contributed by atoms with Crippen molar-refractivity contribution in [2.45, 2.75) is 32.1 Å². The normalized spacial score (nSPS) is 18.1. The molecule has 1 aliphatic rings. The van der Waals surface area contributed by atoms with Crippen molar-refractivity contribution in [3.63, 3.8) is 0 Å². The molecular formula is C14H22ClNO. The molecule has 0 aliphatic heterocycles. The van der Waals surface area contributed by atoms with Crippen LogP contribution in [-0.2, 0) is 6.42 Å². The molecule has 1 unspecified atom stereocenters. The molecule has 1 aromatic rings. The van der Waals surface area contributed by atoms with Crippen molar-refractivity contribution in [2.75, 3.05) is 20.2 Å². The summed E-state index contributed by atoms with van der Waals surface area (Å²) in [7, 11) is 1.74. The molecule has 0 saturated carbocycles. The van der Waals surface area contributed by atoms with Crippen LogP contribution in [0.2, 0.25) is 0 Å². The van der Waals surface area contributed by atoms with Gasteiger partial charge in [0.05, 0.1) is 7.11 Å². The molecule has 1 atom stereocenters. The third-order valence-corrected chi connectivity index (χ3v) is 3.43. The van der Waals surface area contributed by atoms with Crippen LogP contribution in [0.5, 0.6) is 5.75 Å². The van der Waals surface area contributed by atoms with E-state index in [1.807, 2.05) is 0 Å². The van der Waals surface area contributed by atoms with Crippen LogP contribution in [0, 0.1) is 0 Å². The van der Waals surface area contributed by atoms with Gasteiger partial charge in [-0.2, -0.15) is 0 Å². The summed E-state index contributed by atoms with van der Waals surface area (Å²) < 4.78 is 5.28. The van der Waals surface area contributed by atoms with Crippen LogP contribution in [0.1, 0.15) is 36.8 Å². The fourth-order valence-corrected chi connectivity index (χ4v) is 2.55. The van der Waals surface area contributed by atoms with Crippen molar-refractivity contribution < 1.29 is 4.74 Å². The molecule has 2 nitrogen and oxygen atoms in total. The first-order valence-electron chi connectivity index (χ1n) is 6.22. The highest BCUT2D eigenvalue weighted by molar-refractivity contribution is 5.85. The molecule has 0 radical (unpaired) electrons. The molecule has 0 amide bonds. The maximum Gasteiger partial charge on any atom is 0.119 e. The lowest BCUT2D eigenvalue weighted by atomic mass is 9.82. The van der Waals surface area contributed by atoms with Crippen LogP contribution in [0.15, 0.2) is 18.2 Å². The summed E-state index contributed by atoms with van der Waals surface area (Å²) in [5.41, 5.74) is 3.00. The van der Waals surface area contributed by atoms with Crippen molar-refractivity contribution in [3.8, 4) is 5.75 Å². The Morgan fingerprint density at radius 3 is 2.94 bits per heavy atom. The maximum atomic E-state index is 5.28. The Labute approximate surface area is 110 Å². The number of halogens is 1. The van der Waals surface area contributed by atoms with Gasteiger partial charge in [-0.3, -0.25) is 0 Å². The van der Waals surface area contributed by atoms with Gasteiger partial charge >= 0.3 is 0 Å². The van der Waals surface area contributed by atoms with Gasteiger partial charge in [0.1, 0.15) is 5.75 Å². The largest absolute Gasteiger partial charge is 0.497 e. The monoisotopic (exact) mass is 255 g/mol. The summed E-state index contributed by atoms with van der Waals surface area (Å²) in [5.74, 6) is 1.68. The zero-order valence-electron chi connectivity index (χ0n) is 10.7. The van der Waals surface area contributed by atoms with E-state index < -0.39 is 0 Å². The first kappa shape index (κ1) is 14.3. The molecular weight excluding hydrogens is 234 g/mol. The summed E-state index contributed by atoms with van der Waals surface area (Å²) in [6.45, 7) is 4.33. The molecule has 1 aliphatic carbocycles. The lowest BCUT2D eigenvalue weighted by Gasteiger charge is -2.26. The molecule has 3 heteroatoms. The average Bonchev–Trinajstić information content (AvgIpc) is 2.35. The Bertz CT molecular complexity index is 354. The van der Waals surface area contributed by atoms with E-state index in [1.54, 1.807) is 7.11 Å². The first-order valence-corrected chi connectivity index (χ1v) is 6.22. The van der Waals surface area contributed by atoms with Crippen LogP contribution in [0.25, 0.3) is 0 Å². The maximum absolute atomic E-state index is 5.28. The molecule has 0 fully saturated rings. The number of ether oxygens (including phenoxy) is 1. The molecule has 0 heterocycles. The topological polar surface area (TPSA) is 21.3 Å². The number of aryl methyl sites for hydroxylation is 1. The number of methoxy groups -OCH3 is 1. The summed E-state index contributed by atoms with van der Waals surface area (Å²) in [6, 6.07) is 6.53. The molecule has 96 valence electrons. The lowest BCUT2D eigenvalue weighted by Crippen LogP contribution is -2.24. The van der Waals surface area contributed by atoms with Gasteiger partial charge in [-0.05, 0) is 55.0 Å². The van der Waals surface area contributed by atoms with Crippen LogP contribution in [0.3, 0.4) is 0 Å². The second-order valence-electron chi connectivity index (χ2n) is 4.46. The summed E-state index contributed by atoms with van der Waals surface area (Å²) in [4.78, 5) is 0. The zero-order chi connectivity index (χ0) is 11.4. The van der Waals surface area contributed by atoms with Gasteiger partial charge in [-0.15, -0.1) is 12.4 Å². The Kier molecular flexibility index (Phi) is 5.79. The molecule has 2 rings (SSSR count). The van der Waals surface area contributed by atoms with Gasteiger partial charge in [0.15, 0.2) is 0 Å². The number of rotatable bonds is 4. The Morgan fingerprint density at radius 2 is 2.24 bits per heavy atom. The minimum atomic E-state index is 0. The third kappa shape index (κ3) is 3.36. The summed E-state index contributed by atoms with van der Waals surface area (Å²) in [6.07, 6.45) is 3.82. The second kappa shape index (κ2) is 6.87. The SMILES string of the molecule is CCNCC1CCCc2cc(OC)ccc21.Cl. The van der Waals surface area contributed by atoms with Gasteiger partial charge < -0.3 is 10.1 Å². The quantitative estimate of drug-likeness (QED) is 0.893. The fourth-order valence-electron chi connectivity index (χ4n) is 2.55. The third-order valence-electron chi connectivity index (χ3n) is 3.43. The van der Waals surface area contributed by atoms with Crippen molar-refractivity contribution in [2.24, 2.45) is 0 Å². The zero-order valence-corrected chi connectivity index (χ0v) is 11.5. The van der Waals surface area contributed by atoms with Crippen molar-refractivity contribution in [1.82, 2.24) is 5.32 Å². The highest BCUT2D eigenvalue weighted by atomic mass is 35.5. The highest BCUT2D eigenvalue weighted by Gasteiger charge is 2.19. The number of hydrogen-bond acceptors (Lipinski definition) is 2. The predicted molar refractivity (Wildman–Crippen MR) is 74.5 cm³/mol. The van der Waals surface area contributed by atoms with E-state index in [0.717, 1.165) is 18.8 Å². The van der Waals surface area contributed by atoms with E-state index in [4.69, 9.17) is 4.74 Å². The predicted octanol–water partition coefficient (Wildman–Crippen LogP) is 3.15. The van der Waals surface area contributed by atoms with Crippen LogP contribution in [-0.4, -0.2) is 20.2 Å². The van der Waals surface area contributed by atoms with E-state index in [1.165, 1.54) is 30.4 Å². The number of nitrogens with one attached hydrogen (secondary N) is 1. The molecule has 1 N–H and O–H groups in total. The molecule has 0 aromatic heterocycles. The average molecular weight is 256 g/mol. The molecule has 0 saturated heterocycles.